The largest absolute Gasteiger partial charge is 0.378 e. The molecule has 2 aromatic carbocycles. The van der Waals surface area contributed by atoms with E-state index in [2.05, 4.69) is 10.3 Å². The SMILES string of the molecule is N#C/C(=C/c1cn(CC(=O)N2CCOCC2)c2ccccc12)C(=O)NCCc1c[nH]c2ccccc12. The van der Waals surface area contributed by atoms with Gasteiger partial charge in [0.25, 0.3) is 5.91 Å². The molecule has 0 radical (unpaired) electrons. The number of benzene rings is 2. The lowest BCUT2D eigenvalue weighted by molar-refractivity contribution is -0.135. The Balaban J connectivity index is 1.31. The number of nitrogens with one attached hydrogen (secondary N) is 2. The average Bonchev–Trinajstić information content (AvgIpc) is 3.49. The zero-order chi connectivity index (χ0) is 24.9. The van der Waals surface area contributed by atoms with Crippen LogP contribution in [0.2, 0.25) is 0 Å². The standard InChI is InChI=1S/C28H27N5O3/c29-16-21(28(35)30-10-9-20-17-31-25-7-3-1-5-23(20)25)15-22-18-33(26-8-4-2-6-24(22)26)19-27(34)32-11-13-36-14-12-32/h1-8,15,17-18,31H,9-14,19H2,(H,30,35)/b21-15-. The van der Waals surface area contributed by atoms with Gasteiger partial charge in [0.1, 0.15) is 18.2 Å². The van der Waals surface area contributed by atoms with E-state index < -0.39 is 5.91 Å². The number of fused-ring (bicyclic) bond motifs is 2. The quantitative estimate of drug-likeness (QED) is 0.312. The number of nitriles is 1. The van der Waals surface area contributed by atoms with E-state index in [1.165, 1.54) is 0 Å². The molecule has 0 saturated carbocycles. The van der Waals surface area contributed by atoms with Crippen LogP contribution >= 0.6 is 0 Å². The summed E-state index contributed by atoms with van der Waals surface area (Å²) in [6.45, 7) is 2.87. The number of para-hydroxylation sites is 2. The van der Waals surface area contributed by atoms with Crippen molar-refractivity contribution in [2.24, 2.45) is 0 Å². The fourth-order valence-corrected chi connectivity index (χ4v) is 4.63. The van der Waals surface area contributed by atoms with E-state index in [1.807, 2.05) is 71.6 Å². The molecule has 1 aliphatic heterocycles. The Bertz CT molecular complexity index is 1480. The number of nitrogens with zero attached hydrogens (tertiary/aromatic N) is 3. The summed E-state index contributed by atoms with van der Waals surface area (Å²) in [5.41, 5.74) is 3.80. The summed E-state index contributed by atoms with van der Waals surface area (Å²) in [7, 11) is 0. The van der Waals surface area contributed by atoms with Gasteiger partial charge in [0.2, 0.25) is 5.91 Å². The number of ether oxygens (including phenoxy) is 1. The van der Waals surface area contributed by atoms with Crippen LogP contribution in [0.4, 0.5) is 0 Å². The zero-order valence-corrected chi connectivity index (χ0v) is 19.9. The third-order valence-corrected chi connectivity index (χ3v) is 6.51. The van der Waals surface area contributed by atoms with Crippen molar-refractivity contribution < 1.29 is 14.3 Å². The summed E-state index contributed by atoms with van der Waals surface area (Å²) >= 11 is 0. The van der Waals surface area contributed by atoms with Crippen LogP contribution in [0.15, 0.2) is 66.5 Å². The van der Waals surface area contributed by atoms with Crippen LogP contribution in [0.3, 0.4) is 0 Å². The lowest BCUT2D eigenvalue weighted by atomic mass is 10.1. The maximum absolute atomic E-state index is 12.8. The van der Waals surface area contributed by atoms with E-state index in [9.17, 15) is 14.9 Å². The molecule has 4 aromatic rings. The maximum Gasteiger partial charge on any atom is 0.261 e. The van der Waals surface area contributed by atoms with Crippen LogP contribution in [0.1, 0.15) is 11.1 Å². The second kappa shape index (κ2) is 10.5. The van der Waals surface area contributed by atoms with Crippen molar-refractivity contribution in [3.05, 3.63) is 77.6 Å². The molecule has 3 heterocycles. The number of morpholine rings is 1. The number of rotatable bonds is 7. The molecule has 1 aliphatic rings. The Morgan fingerprint density at radius 3 is 2.64 bits per heavy atom. The Morgan fingerprint density at radius 2 is 1.83 bits per heavy atom. The monoisotopic (exact) mass is 481 g/mol. The molecule has 2 N–H and O–H groups in total. The first-order chi connectivity index (χ1) is 17.6. The van der Waals surface area contributed by atoms with Crippen LogP contribution in [-0.2, 0) is 27.3 Å². The predicted octanol–water partition coefficient (Wildman–Crippen LogP) is 3.25. The molecule has 36 heavy (non-hydrogen) atoms. The fraction of sp³-hybridized carbons (Fsp3) is 0.250. The second-order valence-electron chi connectivity index (χ2n) is 8.76. The number of aromatic amines is 1. The molecule has 8 nitrogen and oxygen atoms in total. The van der Waals surface area contributed by atoms with E-state index in [1.54, 1.807) is 11.0 Å². The molecular weight excluding hydrogens is 454 g/mol. The number of amides is 2. The topological polar surface area (TPSA) is 103 Å². The highest BCUT2D eigenvalue weighted by Crippen LogP contribution is 2.24. The van der Waals surface area contributed by atoms with E-state index in [0.717, 1.165) is 32.9 Å². The second-order valence-corrected chi connectivity index (χ2v) is 8.76. The zero-order valence-electron chi connectivity index (χ0n) is 19.9. The predicted molar refractivity (Wildman–Crippen MR) is 138 cm³/mol. The van der Waals surface area contributed by atoms with Gasteiger partial charge in [0.05, 0.1) is 13.2 Å². The first kappa shape index (κ1) is 23.4. The van der Waals surface area contributed by atoms with Crippen molar-refractivity contribution in [2.75, 3.05) is 32.8 Å². The minimum atomic E-state index is -0.418. The summed E-state index contributed by atoms with van der Waals surface area (Å²) < 4.78 is 7.22. The van der Waals surface area contributed by atoms with Crippen LogP contribution in [0.5, 0.6) is 0 Å². The van der Waals surface area contributed by atoms with Crippen molar-refractivity contribution in [3.63, 3.8) is 0 Å². The number of H-pyrrole nitrogens is 1. The number of aromatic nitrogens is 2. The number of carbonyl (C=O) groups excluding carboxylic acids is 2. The number of hydrogen-bond acceptors (Lipinski definition) is 4. The highest BCUT2D eigenvalue weighted by Gasteiger charge is 2.19. The molecule has 1 fully saturated rings. The van der Waals surface area contributed by atoms with E-state index in [0.29, 0.717) is 39.3 Å². The summed E-state index contributed by atoms with van der Waals surface area (Å²) in [5, 5.41) is 14.6. The highest BCUT2D eigenvalue weighted by atomic mass is 16.5. The minimum Gasteiger partial charge on any atom is -0.378 e. The molecule has 2 aromatic heterocycles. The molecule has 8 heteroatoms. The van der Waals surface area contributed by atoms with Crippen LogP contribution in [-0.4, -0.2) is 59.1 Å². The molecule has 182 valence electrons. The van der Waals surface area contributed by atoms with Crippen LogP contribution in [0, 0.1) is 11.3 Å². The van der Waals surface area contributed by atoms with Gasteiger partial charge in [-0.25, -0.2) is 0 Å². The van der Waals surface area contributed by atoms with Crippen LogP contribution < -0.4 is 5.32 Å². The molecular formula is C28H27N5O3. The number of carbonyl (C=O) groups is 2. The van der Waals surface area contributed by atoms with Crippen LogP contribution in [0.25, 0.3) is 27.9 Å². The smallest absolute Gasteiger partial charge is 0.261 e. The number of hydrogen-bond donors (Lipinski definition) is 2. The van der Waals surface area contributed by atoms with Gasteiger partial charge in [-0.3, -0.25) is 9.59 Å². The van der Waals surface area contributed by atoms with Gasteiger partial charge >= 0.3 is 0 Å². The third-order valence-electron chi connectivity index (χ3n) is 6.51. The van der Waals surface area contributed by atoms with Gasteiger partial charge in [-0.15, -0.1) is 0 Å². The lowest BCUT2D eigenvalue weighted by Crippen LogP contribution is -2.42. The van der Waals surface area contributed by atoms with Gasteiger partial charge in [-0.05, 0) is 30.2 Å². The van der Waals surface area contributed by atoms with E-state index >= 15 is 0 Å². The third kappa shape index (κ3) is 4.88. The highest BCUT2D eigenvalue weighted by molar-refractivity contribution is 6.04. The molecule has 0 unspecified atom stereocenters. The Morgan fingerprint density at radius 1 is 1.08 bits per heavy atom. The van der Waals surface area contributed by atoms with Gasteiger partial charge in [0, 0.05) is 59.4 Å². The van der Waals surface area contributed by atoms with Crippen molar-refractivity contribution in [1.29, 1.82) is 5.26 Å². The van der Waals surface area contributed by atoms with Gasteiger partial charge in [-0.1, -0.05) is 36.4 Å². The Hall–Kier alpha value is -4.35. The van der Waals surface area contributed by atoms with Gasteiger partial charge < -0.3 is 24.5 Å². The molecule has 0 spiro atoms. The maximum atomic E-state index is 12.8. The average molecular weight is 482 g/mol. The Kier molecular flexibility index (Phi) is 6.83. The summed E-state index contributed by atoms with van der Waals surface area (Å²) in [6, 6.07) is 17.7. The molecule has 5 rings (SSSR count). The van der Waals surface area contributed by atoms with Crippen molar-refractivity contribution in [3.8, 4) is 6.07 Å². The molecule has 0 bridgehead atoms. The van der Waals surface area contributed by atoms with Crippen molar-refractivity contribution in [1.82, 2.24) is 19.8 Å². The van der Waals surface area contributed by atoms with E-state index in [-0.39, 0.29) is 18.0 Å². The van der Waals surface area contributed by atoms with E-state index in [4.69, 9.17) is 4.74 Å². The molecule has 2 amide bonds. The summed E-state index contributed by atoms with van der Waals surface area (Å²) in [5.74, 6) is -0.399. The normalized spacial score (nSPS) is 14.2. The summed E-state index contributed by atoms with van der Waals surface area (Å²) in [4.78, 5) is 30.7. The molecule has 0 atom stereocenters. The first-order valence-electron chi connectivity index (χ1n) is 12.0. The van der Waals surface area contributed by atoms with Crippen molar-refractivity contribution in [2.45, 2.75) is 13.0 Å². The van der Waals surface area contributed by atoms with Gasteiger partial charge in [-0.2, -0.15) is 5.26 Å². The lowest BCUT2D eigenvalue weighted by Gasteiger charge is -2.27. The minimum absolute atomic E-state index is 0.0186. The Labute approximate surface area is 208 Å². The van der Waals surface area contributed by atoms with Crippen molar-refractivity contribution >= 4 is 39.7 Å². The van der Waals surface area contributed by atoms with Gasteiger partial charge in [0.15, 0.2) is 0 Å². The molecule has 0 aliphatic carbocycles. The fourth-order valence-electron chi connectivity index (χ4n) is 4.63. The first-order valence-corrected chi connectivity index (χ1v) is 12.0. The molecule has 1 saturated heterocycles. The summed E-state index contributed by atoms with van der Waals surface area (Å²) in [6.07, 6.45) is 6.03.